The molecule has 0 amide bonds. The molecular formula is C20H28N6O. The first-order valence-corrected chi connectivity index (χ1v) is 9.42. The third-order valence-electron chi connectivity index (χ3n) is 4.30. The molecule has 7 heteroatoms. The number of hydrogen-bond acceptors (Lipinski definition) is 6. The molecule has 1 aliphatic heterocycles. The summed E-state index contributed by atoms with van der Waals surface area (Å²) in [4.78, 5) is 13.6. The molecule has 0 aliphatic carbocycles. The average molecular weight is 368 g/mol. The summed E-state index contributed by atoms with van der Waals surface area (Å²) in [6.45, 7) is 11.8. The molecule has 3 rings (SSSR count). The van der Waals surface area contributed by atoms with Gasteiger partial charge in [-0.05, 0) is 39.7 Å². The van der Waals surface area contributed by atoms with E-state index >= 15 is 0 Å². The van der Waals surface area contributed by atoms with E-state index in [1.54, 1.807) is 6.20 Å². The molecule has 2 N–H and O–H groups in total. The van der Waals surface area contributed by atoms with E-state index in [0.717, 1.165) is 49.0 Å². The smallest absolute Gasteiger partial charge is 0.223 e. The van der Waals surface area contributed by atoms with Gasteiger partial charge in [0.05, 0.1) is 23.3 Å². The lowest BCUT2D eigenvalue weighted by atomic mass is 10.1. The molecule has 2 aromatic rings. The molecule has 0 aromatic carbocycles. The summed E-state index contributed by atoms with van der Waals surface area (Å²) in [6.07, 6.45) is 9.48. The van der Waals surface area contributed by atoms with E-state index in [2.05, 4.69) is 41.0 Å². The summed E-state index contributed by atoms with van der Waals surface area (Å²) in [5.41, 5.74) is 2.49. The number of imidazole rings is 1. The number of nitrogens with one attached hydrogen (secondary N) is 2. The van der Waals surface area contributed by atoms with Gasteiger partial charge in [0.15, 0.2) is 5.82 Å². The second-order valence-corrected chi connectivity index (χ2v) is 6.89. The third kappa shape index (κ3) is 4.74. The van der Waals surface area contributed by atoms with E-state index in [0.29, 0.717) is 12.0 Å². The second kappa shape index (κ2) is 8.81. The number of nitrogens with zero attached hydrogens (tertiary/aromatic N) is 4. The molecule has 0 saturated carbocycles. The average Bonchev–Trinajstić information content (AvgIpc) is 3.06. The number of hydrogen-bond donors (Lipinski definition) is 2. The zero-order chi connectivity index (χ0) is 19.2. The van der Waals surface area contributed by atoms with Crippen LogP contribution >= 0.6 is 0 Å². The highest BCUT2D eigenvalue weighted by molar-refractivity contribution is 5.66. The molecule has 1 saturated heterocycles. The van der Waals surface area contributed by atoms with Crippen LogP contribution in [0.1, 0.15) is 39.4 Å². The minimum atomic E-state index is 0.283. The maximum absolute atomic E-state index is 5.41. The van der Waals surface area contributed by atoms with Gasteiger partial charge in [-0.15, -0.1) is 0 Å². The Kier molecular flexibility index (Phi) is 6.24. The van der Waals surface area contributed by atoms with Gasteiger partial charge in [0.1, 0.15) is 0 Å². The van der Waals surface area contributed by atoms with Crippen molar-refractivity contribution in [3.05, 3.63) is 36.9 Å². The molecule has 0 spiro atoms. The van der Waals surface area contributed by atoms with Crippen LogP contribution in [0, 0.1) is 0 Å². The van der Waals surface area contributed by atoms with Crippen LogP contribution in [0.2, 0.25) is 0 Å². The van der Waals surface area contributed by atoms with Gasteiger partial charge in [-0.25, -0.2) is 15.0 Å². The molecule has 0 atom stereocenters. The van der Waals surface area contributed by atoms with Crippen molar-refractivity contribution >= 4 is 17.8 Å². The van der Waals surface area contributed by atoms with Crippen LogP contribution in [0.5, 0.6) is 0 Å². The first-order valence-electron chi connectivity index (χ1n) is 9.42. The van der Waals surface area contributed by atoms with Gasteiger partial charge in [0.2, 0.25) is 5.95 Å². The van der Waals surface area contributed by atoms with E-state index in [9.17, 15) is 0 Å². The molecule has 0 radical (unpaired) electrons. The normalized spacial score (nSPS) is 15.4. The lowest BCUT2D eigenvalue weighted by Crippen LogP contribution is -2.28. The van der Waals surface area contributed by atoms with Gasteiger partial charge in [-0.1, -0.05) is 12.7 Å². The van der Waals surface area contributed by atoms with E-state index in [1.165, 1.54) is 0 Å². The van der Waals surface area contributed by atoms with Crippen LogP contribution in [0.15, 0.2) is 31.1 Å². The summed E-state index contributed by atoms with van der Waals surface area (Å²) in [6, 6.07) is 2.53. The summed E-state index contributed by atoms with van der Waals surface area (Å²) >= 11 is 0. The zero-order valence-corrected chi connectivity index (χ0v) is 16.3. The fraction of sp³-hybridized carbons (Fsp3) is 0.450. The summed E-state index contributed by atoms with van der Waals surface area (Å²) in [5, 5.41) is 6.74. The number of ether oxygens (including phenoxy) is 1. The highest BCUT2D eigenvalue weighted by atomic mass is 16.5. The minimum Gasteiger partial charge on any atom is -0.381 e. The van der Waals surface area contributed by atoms with Crippen molar-refractivity contribution < 1.29 is 4.74 Å². The Labute approximate surface area is 160 Å². The largest absolute Gasteiger partial charge is 0.381 e. The highest BCUT2D eigenvalue weighted by Crippen LogP contribution is 2.23. The lowest BCUT2D eigenvalue weighted by molar-refractivity contribution is 0.0903. The van der Waals surface area contributed by atoms with Crippen molar-refractivity contribution in [2.75, 3.05) is 18.5 Å². The molecule has 27 heavy (non-hydrogen) atoms. The second-order valence-electron chi connectivity index (χ2n) is 6.89. The number of allylic oxidation sites excluding steroid dienone is 1. The van der Waals surface area contributed by atoms with Gasteiger partial charge in [-0.2, -0.15) is 0 Å². The molecule has 0 bridgehead atoms. The fourth-order valence-electron chi connectivity index (χ4n) is 3.08. The molecular weight excluding hydrogens is 340 g/mol. The minimum absolute atomic E-state index is 0.283. The van der Waals surface area contributed by atoms with Gasteiger partial charge < -0.3 is 15.4 Å². The maximum atomic E-state index is 5.41. The third-order valence-corrected chi connectivity index (χ3v) is 4.30. The summed E-state index contributed by atoms with van der Waals surface area (Å²) in [7, 11) is 0. The van der Waals surface area contributed by atoms with Crippen LogP contribution in [-0.4, -0.2) is 44.8 Å². The van der Waals surface area contributed by atoms with Crippen molar-refractivity contribution in [1.82, 2.24) is 24.8 Å². The standard InChI is InChI=1S/C20H28N6O/c1-5-10-26-18(13-22-19(26)15(4)23-14(2)3)17-6-9-21-20(25-17)24-16-7-11-27-12-8-16/h5-6,9-10,13-14,16,23H,4,7-8,11-12H2,1-3H3,(H,21,24,25)/b10-5-. The van der Waals surface area contributed by atoms with E-state index in [-0.39, 0.29) is 6.04 Å². The van der Waals surface area contributed by atoms with Gasteiger partial charge in [-0.3, -0.25) is 4.57 Å². The Bertz CT molecular complexity index is 805. The first-order chi connectivity index (χ1) is 13.1. The fourth-order valence-corrected chi connectivity index (χ4v) is 3.08. The van der Waals surface area contributed by atoms with Gasteiger partial charge >= 0.3 is 0 Å². The lowest BCUT2D eigenvalue weighted by Gasteiger charge is -2.23. The first kappa shape index (κ1) is 19.1. The van der Waals surface area contributed by atoms with E-state index in [1.807, 2.05) is 36.0 Å². The van der Waals surface area contributed by atoms with Crippen molar-refractivity contribution in [2.45, 2.75) is 45.7 Å². The molecule has 1 aliphatic rings. The zero-order valence-electron chi connectivity index (χ0n) is 16.3. The Morgan fingerprint density at radius 3 is 2.81 bits per heavy atom. The Morgan fingerprint density at radius 1 is 1.33 bits per heavy atom. The maximum Gasteiger partial charge on any atom is 0.223 e. The van der Waals surface area contributed by atoms with Crippen LogP contribution < -0.4 is 10.6 Å². The summed E-state index contributed by atoms with van der Waals surface area (Å²) in [5.74, 6) is 1.41. The van der Waals surface area contributed by atoms with Crippen LogP contribution in [0.4, 0.5) is 5.95 Å². The quantitative estimate of drug-likeness (QED) is 0.780. The van der Waals surface area contributed by atoms with E-state index < -0.39 is 0 Å². The monoisotopic (exact) mass is 368 g/mol. The molecule has 1 fully saturated rings. The SMILES string of the molecule is C=C(NC(C)C)c1ncc(-c2ccnc(NC3CCOCC3)n2)n1/C=C\C. The molecule has 144 valence electrons. The highest BCUT2D eigenvalue weighted by Gasteiger charge is 2.17. The number of anilines is 1. The van der Waals surface area contributed by atoms with Crippen LogP contribution in [-0.2, 0) is 4.74 Å². The van der Waals surface area contributed by atoms with Crippen molar-refractivity contribution in [3.8, 4) is 11.4 Å². The number of rotatable bonds is 7. The van der Waals surface area contributed by atoms with Crippen LogP contribution in [0.25, 0.3) is 23.3 Å². The topological polar surface area (TPSA) is 76.9 Å². The van der Waals surface area contributed by atoms with Gasteiger partial charge in [0, 0.05) is 37.7 Å². The van der Waals surface area contributed by atoms with E-state index in [4.69, 9.17) is 9.72 Å². The van der Waals surface area contributed by atoms with Crippen molar-refractivity contribution in [2.24, 2.45) is 0 Å². The Morgan fingerprint density at radius 2 is 2.11 bits per heavy atom. The Hall–Kier alpha value is -2.67. The Balaban J connectivity index is 1.88. The van der Waals surface area contributed by atoms with Crippen molar-refractivity contribution in [3.63, 3.8) is 0 Å². The predicted molar refractivity (Wildman–Crippen MR) is 109 cm³/mol. The number of aromatic nitrogens is 4. The molecule has 7 nitrogen and oxygen atoms in total. The predicted octanol–water partition coefficient (Wildman–Crippen LogP) is 3.39. The molecule has 3 heterocycles. The van der Waals surface area contributed by atoms with Gasteiger partial charge in [0.25, 0.3) is 0 Å². The van der Waals surface area contributed by atoms with Crippen molar-refractivity contribution in [1.29, 1.82) is 0 Å². The molecule has 0 unspecified atom stereocenters. The van der Waals surface area contributed by atoms with Crippen LogP contribution in [0.3, 0.4) is 0 Å². The molecule has 2 aromatic heterocycles. The summed E-state index contributed by atoms with van der Waals surface area (Å²) < 4.78 is 7.41.